The van der Waals surface area contributed by atoms with Crippen molar-refractivity contribution in [2.75, 3.05) is 0 Å². The molecule has 1 amide bonds. The highest BCUT2D eigenvalue weighted by molar-refractivity contribution is 5.80. The minimum absolute atomic E-state index is 0.0142. The molecule has 0 fully saturated rings. The highest BCUT2D eigenvalue weighted by Gasteiger charge is 2.22. The maximum atomic E-state index is 13.5. The predicted octanol–water partition coefficient (Wildman–Crippen LogP) is 2.14. The minimum atomic E-state index is -1.31. The van der Waals surface area contributed by atoms with Crippen LogP contribution in [0.3, 0.4) is 0 Å². The molecule has 0 saturated heterocycles. The molecule has 1 atom stereocenters. The number of pyridine rings is 1. The van der Waals surface area contributed by atoms with Crippen LogP contribution in [0.25, 0.3) is 0 Å². The van der Waals surface area contributed by atoms with Crippen LogP contribution in [0.5, 0.6) is 0 Å². The van der Waals surface area contributed by atoms with E-state index in [0.29, 0.717) is 0 Å². The molecule has 0 aliphatic heterocycles. The van der Waals surface area contributed by atoms with E-state index in [1.54, 1.807) is 24.3 Å². The lowest BCUT2D eigenvalue weighted by atomic mass is 10.1. The van der Waals surface area contributed by atoms with E-state index in [-0.39, 0.29) is 18.6 Å². The highest BCUT2D eigenvalue weighted by Crippen LogP contribution is 2.08. The summed E-state index contributed by atoms with van der Waals surface area (Å²) in [4.78, 5) is 26.4. The van der Waals surface area contributed by atoms with Crippen molar-refractivity contribution < 1.29 is 23.8 Å². The van der Waals surface area contributed by atoms with Gasteiger partial charge in [0.05, 0.1) is 0 Å². The second kappa shape index (κ2) is 7.88. The number of alkyl carbamates (subject to hydrolysis) is 1. The number of hydrogen-bond acceptors (Lipinski definition) is 4. The zero-order chi connectivity index (χ0) is 16.7. The first-order valence-electron chi connectivity index (χ1n) is 6.85. The molecule has 7 heteroatoms. The third-order valence-electron chi connectivity index (χ3n) is 3.06. The van der Waals surface area contributed by atoms with Crippen LogP contribution in [0, 0.1) is 5.95 Å². The zero-order valence-electron chi connectivity index (χ0n) is 12.1. The summed E-state index contributed by atoms with van der Waals surface area (Å²) in [6.07, 6.45) is 0.150. The average Bonchev–Trinajstić information content (AvgIpc) is 2.55. The number of aromatic nitrogens is 1. The van der Waals surface area contributed by atoms with Crippen molar-refractivity contribution in [3.63, 3.8) is 0 Å². The van der Waals surface area contributed by atoms with Crippen LogP contribution < -0.4 is 5.32 Å². The summed E-state index contributed by atoms with van der Waals surface area (Å²) >= 11 is 0. The van der Waals surface area contributed by atoms with Crippen LogP contribution >= 0.6 is 0 Å². The van der Waals surface area contributed by atoms with Gasteiger partial charge in [0.2, 0.25) is 5.95 Å². The van der Waals surface area contributed by atoms with E-state index in [1.165, 1.54) is 18.3 Å². The maximum absolute atomic E-state index is 13.5. The minimum Gasteiger partial charge on any atom is -0.480 e. The Balaban J connectivity index is 1.92. The molecule has 1 heterocycles. The van der Waals surface area contributed by atoms with Gasteiger partial charge < -0.3 is 15.2 Å². The number of amides is 1. The maximum Gasteiger partial charge on any atom is 0.408 e. The molecule has 6 nitrogen and oxygen atoms in total. The van der Waals surface area contributed by atoms with E-state index in [9.17, 15) is 14.0 Å². The highest BCUT2D eigenvalue weighted by atomic mass is 19.1. The summed E-state index contributed by atoms with van der Waals surface area (Å²) in [5.41, 5.74) is 0.871. The molecule has 23 heavy (non-hydrogen) atoms. The largest absolute Gasteiger partial charge is 0.480 e. The van der Waals surface area contributed by atoms with Crippen LogP contribution in [-0.4, -0.2) is 28.2 Å². The van der Waals surface area contributed by atoms with Gasteiger partial charge in [-0.25, -0.2) is 14.6 Å². The number of ether oxygens (including phenoxy) is 1. The zero-order valence-corrected chi connectivity index (χ0v) is 12.1. The quantitative estimate of drug-likeness (QED) is 0.797. The second-order valence-electron chi connectivity index (χ2n) is 4.75. The molecule has 2 N–H and O–H groups in total. The van der Waals surface area contributed by atoms with E-state index in [4.69, 9.17) is 9.84 Å². The SMILES string of the molecule is O=C(NC(Cc1cccnc1F)C(=O)O)OCc1ccccc1. The number of hydrogen-bond donors (Lipinski definition) is 2. The Morgan fingerprint density at radius 1 is 1.22 bits per heavy atom. The number of carboxylic acids is 1. The van der Waals surface area contributed by atoms with Gasteiger partial charge in [0.15, 0.2) is 0 Å². The fourth-order valence-electron chi connectivity index (χ4n) is 1.90. The number of rotatable bonds is 6. The van der Waals surface area contributed by atoms with Gasteiger partial charge in [0, 0.05) is 18.2 Å². The number of benzene rings is 1. The standard InChI is InChI=1S/C16H15FN2O4/c17-14-12(7-4-8-18-14)9-13(15(20)21)19-16(22)23-10-11-5-2-1-3-6-11/h1-8,13H,9-10H2,(H,19,22)(H,20,21). The lowest BCUT2D eigenvalue weighted by Crippen LogP contribution is -2.42. The van der Waals surface area contributed by atoms with Gasteiger partial charge in [-0.15, -0.1) is 0 Å². The van der Waals surface area contributed by atoms with E-state index < -0.39 is 24.1 Å². The summed E-state index contributed by atoms with van der Waals surface area (Å²) in [5.74, 6) is -2.05. The third kappa shape index (κ3) is 5.06. The average molecular weight is 318 g/mol. The normalized spacial score (nSPS) is 11.5. The van der Waals surface area contributed by atoms with E-state index in [1.807, 2.05) is 6.07 Å². The predicted molar refractivity (Wildman–Crippen MR) is 79.1 cm³/mol. The Morgan fingerprint density at radius 3 is 2.61 bits per heavy atom. The Labute approximate surface area is 131 Å². The molecule has 1 aromatic carbocycles. The number of nitrogens with one attached hydrogen (secondary N) is 1. The summed E-state index contributed by atoms with van der Waals surface area (Å²) in [5, 5.41) is 11.4. The molecule has 120 valence electrons. The van der Waals surface area contributed by atoms with Gasteiger partial charge in [0.25, 0.3) is 0 Å². The molecule has 1 aromatic heterocycles. The number of halogens is 1. The van der Waals surface area contributed by atoms with Gasteiger partial charge >= 0.3 is 12.1 Å². The van der Waals surface area contributed by atoms with Crippen molar-refractivity contribution in [3.8, 4) is 0 Å². The number of carboxylic acid groups (broad SMARTS) is 1. The Kier molecular flexibility index (Phi) is 5.62. The molecule has 0 aliphatic carbocycles. The van der Waals surface area contributed by atoms with Crippen LogP contribution in [0.2, 0.25) is 0 Å². The summed E-state index contributed by atoms with van der Waals surface area (Å²) in [6, 6.07) is 10.5. The smallest absolute Gasteiger partial charge is 0.408 e. The van der Waals surface area contributed by atoms with Crippen molar-refractivity contribution in [2.45, 2.75) is 19.1 Å². The molecular formula is C16H15FN2O4. The van der Waals surface area contributed by atoms with Gasteiger partial charge in [-0.05, 0) is 11.6 Å². The van der Waals surface area contributed by atoms with Crippen molar-refractivity contribution >= 4 is 12.1 Å². The molecule has 0 bridgehead atoms. The Bertz CT molecular complexity index is 679. The van der Waals surface area contributed by atoms with Crippen molar-refractivity contribution in [1.82, 2.24) is 10.3 Å². The second-order valence-corrected chi connectivity index (χ2v) is 4.75. The van der Waals surface area contributed by atoms with Crippen molar-refractivity contribution in [1.29, 1.82) is 0 Å². The van der Waals surface area contributed by atoms with Crippen LogP contribution in [-0.2, 0) is 22.6 Å². The topological polar surface area (TPSA) is 88.5 Å². The third-order valence-corrected chi connectivity index (χ3v) is 3.06. The first kappa shape index (κ1) is 16.4. The van der Waals surface area contributed by atoms with E-state index >= 15 is 0 Å². The number of aliphatic carboxylic acids is 1. The lowest BCUT2D eigenvalue weighted by molar-refractivity contribution is -0.139. The van der Waals surface area contributed by atoms with Crippen molar-refractivity contribution in [3.05, 3.63) is 65.7 Å². The van der Waals surface area contributed by atoms with E-state index in [2.05, 4.69) is 10.3 Å². The fraction of sp³-hybridized carbons (Fsp3) is 0.188. The molecule has 0 aliphatic rings. The van der Waals surface area contributed by atoms with Gasteiger partial charge in [0.1, 0.15) is 12.6 Å². The number of carbonyl (C=O) groups is 2. The van der Waals surface area contributed by atoms with E-state index in [0.717, 1.165) is 5.56 Å². The molecule has 2 aromatic rings. The van der Waals surface area contributed by atoms with Crippen molar-refractivity contribution in [2.24, 2.45) is 0 Å². The summed E-state index contributed by atoms with van der Waals surface area (Å²) in [6.45, 7) is 0.0142. The number of nitrogens with zero attached hydrogens (tertiary/aromatic N) is 1. The Morgan fingerprint density at radius 2 is 1.96 bits per heavy atom. The van der Waals surface area contributed by atoms with Gasteiger partial charge in [-0.2, -0.15) is 4.39 Å². The monoisotopic (exact) mass is 318 g/mol. The van der Waals surface area contributed by atoms with Gasteiger partial charge in [-0.3, -0.25) is 0 Å². The molecule has 0 spiro atoms. The van der Waals surface area contributed by atoms with Crippen LogP contribution in [0.1, 0.15) is 11.1 Å². The molecule has 0 radical (unpaired) electrons. The lowest BCUT2D eigenvalue weighted by Gasteiger charge is -2.14. The van der Waals surface area contributed by atoms with Crippen LogP contribution in [0.4, 0.5) is 9.18 Å². The molecular weight excluding hydrogens is 303 g/mol. The number of carbonyl (C=O) groups excluding carboxylic acids is 1. The fourth-order valence-corrected chi connectivity index (χ4v) is 1.90. The first-order valence-corrected chi connectivity index (χ1v) is 6.85. The summed E-state index contributed by atoms with van der Waals surface area (Å²) in [7, 11) is 0. The molecule has 1 unspecified atom stereocenters. The molecule has 2 rings (SSSR count). The summed E-state index contributed by atoms with van der Waals surface area (Å²) < 4.78 is 18.4. The van der Waals surface area contributed by atoms with Crippen LogP contribution in [0.15, 0.2) is 48.7 Å². The van der Waals surface area contributed by atoms with Gasteiger partial charge in [-0.1, -0.05) is 36.4 Å². The Hall–Kier alpha value is -2.96. The molecule has 0 saturated carbocycles. The first-order chi connectivity index (χ1) is 11.1.